The lowest BCUT2D eigenvalue weighted by Crippen LogP contribution is -2.01. The number of nitrogens with zero attached hydrogens (tertiary/aromatic N) is 2. The Balaban J connectivity index is 1.96. The first-order chi connectivity index (χ1) is 10.5. The molecule has 0 radical (unpaired) electrons. The highest BCUT2D eigenvalue weighted by atomic mass is 16.5. The van der Waals surface area contributed by atoms with Gasteiger partial charge in [-0.2, -0.15) is 0 Å². The molecule has 3 rings (SSSR count). The summed E-state index contributed by atoms with van der Waals surface area (Å²) in [7, 11) is 0. The highest BCUT2D eigenvalue weighted by Crippen LogP contribution is 2.21. The van der Waals surface area contributed by atoms with Crippen LogP contribution in [0.25, 0.3) is 5.52 Å². The lowest BCUT2D eigenvalue weighted by molar-refractivity contribution is 0.0693. The first kappa shape index (κ1) is 13.7. The van der Waals surface area contributed by atoms with Gasteiger partial charge in [-0.25, -0.2) is 9.78 Å². The van der Waals surface area contributed by atoms with E-state index in [1.54, 1.807) is 12.1 Å². The average molecular weight is 300 g/mol. The maximum Gasteiger partial charge on any atom is 0.356 e. The van der Waals surface area contributed by atoms with E-state index in [1.165, 1.54) is 34.9 Å². The molecule has 0 aliphatic rings. The molecule has 3 N–H and O–H groups in total. The molecular formula is C15H12N2O5. The Morgan fingerprint density at radius 1 is 1.18 bits per heavy atom. The molecule has 112 valence electrons. The number of imidazole rings is 1. The van der Waals surface area contributed by atoms with Gasteiger partial charge in [-0.15, -0.1) is 0 Å². The van der Waals surface area contributed by atoms with Crippen molar-refractivity contribution in [1.29, 1.82) is 0 Å². The molecule has 0 bridgehead atoms. The van der Waals surface area contributed by atoms with Gasteiger partial charge in [-0.05, 0) is 24.3 Å². The number of aromatic hydroxyl groups is 2. The molecule has 0 aliphatic heterocycles. The Kier molecular flexibility index (Phi) is 3.30. The molecule has 0 atom stereocenters. The number of carbonyl (C=O) groups is 1. The summed E-state index contributed by atoms with van der Waals surface area (Å²) in [5.41, 5.74) is 0.245. The number of carboxylic acids is 1. The largest absolute Gasteiger partial charge is 0.508 e. The van der Waals surface area contributed by atoms with Gasteiger partial charge in [0.25, 0.3) is 0 Å². The number of benzene rings is 1. The molecule has 0 saturated carbocycles. The van der Waals surface area contributed by atoms with Gasteiger partial charge in [-0.1, -0.05) is 6.07 Å². The normalized spacial score (nSPS) is 10.7. The van der Waals surface area contributed by atoms with Crippen LogP contribution < -0.4 is 4.74 Å². The maximum absolute atomic E-state index is 11.2. The monoisotopic (exact) mass is 300 g/mol. The van der Waals surface area contributed by atoms with Gasteiger partial charge in [0.2, 0.25) is 0 Å². The van der Waals surface area contributed by atoms with E-state index in [2.05, 4.69) is 4.98 Å². The van der Waals surface area contributed by atoms with Crippen molar-refractivity contribution in [2.75, 3.05) is 0 Å². The number of ether oxygens (including phenoxy) is 1. The average Bonchev–Trinajstić information content (AvgIpc) is 2.83. The second-order valence-electron chi connectivity index (χ2n) is 4.61. The maximum atomic E-state index is 11.2. The summed E-state index contributed by atoms with van der Waals surface area (Å²) >= 11 is 0. The molecule has 0 fully saturated rings. The minimum absolute atomic E-state index is 0.0125. The summed E-state index contributed by atoms with van der Waals surface area (Å²) in [6.45, 7) is -0.0125. The van der Waals surface area contributed by atoms with E-state index in [9.17, 15) is 20.1 Å². The standard InChI is InChI=1S/C15H12N2O5/c18-9-2-1-3-11(6-9)22-8-13-16-14(15(20)21)12-5-4-10(19)7-17(12)13/h1-7,18-19H,8H2,(H,20,21). The fourth-order valence-corrected chi connectivity index (χ4v) is 2.12. The Labute approximate surface area is 124 Å². The SMILES string of the molecule is O=C(O)c1nc(COc2cccc(O)c2)n2cc(O)ccc12. The molecule has 0 spiro atoms. The molecule has 3 aromatic rings. The van der Waals surface area contributed by atoms with E-state index in [-0.39, 0.29) is 23.8 Å². The molecule has 22 heavy (non-hydrogen) atoms. The summed E-state index contributed by atoms with van der Waals surface area (Å²) in [6.07, 6.45) is 1.37. The van der Waals surface area contributed by atoms with Crippen molar-refractivity contribution in [2.24, 2.45) is 0 Å². The van der Waals surface area contributed by atoms with Crippen LogP contribution in [-0.2, 0) is 6.61 Å². The van der Waals surface area contributed by atoms with Crippen molar-refractivity contribution in [2.45, 2.75) is 6.61 Å². The van der Waals surface area contributed by atoms with Crippen LogP contribution in [0.3, 0.4) is 0 Å². The van der Waals surface area contributed by atoms with Crippen molar-refractivity contribution >= 4 is 11.5 Å². The topological polar surface area (TPSA) is 104 Å². The number of carboxylic acid groups (broad SMARTS) is 1. The second-order valence-corrected chi connectivity index (χ2v) is 4.61. The molecule has 2 aromatic heterocycles. The Hall–Kier alpha value is -3.22. The van der Waals surface area contributed by atoms with Crippen LogP contribution in [0.4, 0.5) is 0 Å². The van der Waals surface area contributed by atoms with Crippen molar-refractivity contribution in [3.63, 3.8) is 0 Å². The third-order valence-corrected chi connectivity index (χ3v) is 3.08. The number of phenols is 1. The predicted octanol–water partition coefficient (Wildman–Crippen LogP) is 2.02. The van der Waals surface area contributed by atoms with Crippen LogP contribution >= 0.6 is 0 Å². The number of hydrogen-bond acceptors (Lipinski definition) is 5. The van der Waals surface area contributed by atoms with Gasteiger partial charge < -0.3 is 20.1 Å². The number of aromatic carboxylic acids is 1. The van der Waals surface area contributed by atoms with Crippen molar-refractivity contribution in [1.82, 2.24) is 9.38 Å². The van der Waals surface area contributed by atoms with E-state index in [1.807, 2.05) is 0 Å². The van der Waals surface area contributed by atoms with Gasteiger partial charge in [0.05, 0.1) is 11.7 Å². The Morgan fingerprint density at radius 3 is 2.73 bits per heavy atom. The van der Waals surface area contributed by atoms with Crippen molar-refractivity contribution in [3.05, 3.63) is 54.1 Å². The van der Waals surface area contributed by atoms with E-state index in [4.69, 9.17) is 4.74 Å². The molecule has 7 nitrogen and oxygen atoms in total. The highest BCUT2D eigenvalue weighted by molar-refractivity contribution is 5.93. The molecule has 2 heterocycles. The van der Waals surface area contributed by atoms with Crippen molar-refractivity contribution < 1.29 is 24.9 Å². The summed E-state index contributed by atoms with van der Waals surface area (Å²) in [6, 6.07) is 9.10. The molecule has 7 heteroatoms. The van der Waals surface area contributed by atoms with E-state index in [0.717, 1.165) is 0 Å². The molecule has 0 saturated heterocycles. The smallest absolute Gasteiger partial charge is 0.356 e. The van der Waals surface area contributed by atoms with Crippen molar-refractivity contribution in [3.8, 4) is 17.2 Å². The molecule has 1 aromatic carbocycles. The first-order valence-electron chi connectivity index (χ1n) is 6.39. The van der Waals surface area contributed by atoms with Crippen LogP contribution in [0.5, 0.6) is 17.2 Å². The number of aromatic nitrogens is 2. The minimum atomic E-state index is -1.16. The third kappa shape index (κ3) is 2.51. The van der Waals surface area contributed by atoms with E-state index >= 15 is 0 Å². The van der Waals surface area contributed by atoms with Gasteiger partial charge in [0.15, 0.2) is 11.5 Å². The first-order valence-corrected chi connectivity index (χ1v) is 6.39. The molecule has 0 amide bonds. The lowest BCUT2D eigenvalue weighted by Gasteiger charge is -2.06. The molecule has 0 unspecified atom stereocenters. The van der Waals surface area contributed by atoms with Gasteiger partial charge in [0.1, 0.15) is 23.9 Å². The van der Waals surface area contributed by atoms with Crippen LogP contribution in [0, 0.1) is 0 Å². The van der Waals surface area contributed by atoms with E-state index in [0.29, 0.717) is 17.1 Å². The van der Waals surface area contributed by atoms with E-state index < -0.39 is 5.97 Å². The number of pyridine rings is 1. The van der Waals surface area contributed by atoms with Gasteiger partial charge >= 0.3 is 5.97 Å². The zero-order valence-electron chi connectivity index (χ0n) is 11.3. The fourth-order valence-electron chi connectivity index (χ4n) is 2.12. The quantitative estimate of drug-likeness (QED) is 0.681. The predicted molar refractivity (Wildman–Crippen MR) is 76.3 cm³/mol. The van der Waals surface area contributed by atoms with Crippen LogP contribution in [0.1, 0.15) is 16.3 Å². The van der Waals surface area contributed by atoms with Gasteiger partial charge in [-0.3, -0.25) is 4.40 Å². The number of rotatable bonds is 4. The zero-order valence-corrected chi connectivity index (χ0v) is 11.3. The summed E-state index contributed by atoms with van der Waals surface area (Å²) in [5, 5.41) is 28.1. The summed E-state index contributed by atoms with van der Waals surface area (Å²) in [4.78, 5) is 15.3. The Bertz CT molecular complexity index is 856. The summed E-state index contributed by atoms with van der Waals surface area (Å²) < 4.78 is 6.96. The zero-order chi connectivity index (χ0) is 15.7. The molecule has 0 aliphatic carbocycles. The summed E-state index contributed by atoms with van der Waals surface area (Å²) in [5.74, 6) is -0.359. The number of fused-ring (bicyclic) bond motifs is 1. The lowest BCUT2D eigenvalue weighted by atomic mass is 10.3. The van der Waals surface area contributed by atoms with Gasteiger partial charge in [0, 0.05) is 6.07 Å². The Morgan fingerprint density at radius 2 is 2.00 bits per heavy atom. The highest BCUT2D eigenvalue weighted by Gasteiger charge is 2.17. The molecular weight excluding hydrogens is 288 g/mol. The van der Waals surface area contributed by atoms with Crippen LogP contribution in [0.2, 0.25) is 0 Å². The van der Waals surface area contributed by atoms with Crippen LogP contribution in [0.15, 0.2) is 42.6 Å². The number of phenolic OH excluding ortho intramolecular Hbond substituents is 1. The third-order valence-electron chi connectivity index (χ3n) is 3.08. The van der Waals surface area contributed by atoms with Crippen LogP contribution in [-0.4, -0.2) is 30.7 Å². The minimum Gasteiger partial charge on any atom is -0.508 e. The number of hydrogen-bond donors (Lipinski definition) is 3. The fraction of sp³-hybridized carbons (Fsp3) is 0.0667. The second kappa shape index (κ2) is 5.28.